The van der Waals surface area contributed by atoms with Crippen LogP contribution in [0.1, 0.15) is 6.92 Å². The lowest BCUT2D eigenvalue weighted by Crippen LogP contribution is -2.68. The topological polar surface area (TPSA) is 267 Å². The molecule has 252 valence electrons. The van der Waals surface area contributed by atoms with Crippen LogP contribution in [-0.2, 0) is 33.2 Å². The van der Waals surface area contributed by atoms with Gasteiger partial charge in [-0.05, 0) is 6.04 Å². The molecule has 18 heteroatoms. The van der Waals surface area contributed by atoms with Gasteiger partial charge >= 0.3 is 0 Å². The average Bonchev–Trinajstić information content (AvgIpc) is 2.94. The van der Waals surface area contributed by atoms with Gasteiger partial charge in [-0.2, -0.15) is 0 Å². The molecule has 17 nitrogen and oxygen atoms in total. The van der Waals surface area contributed by atoms with Crippen molar-refractivity contribution in [1.29, 1.82) is 0 Å². The van der Waals surface area contributed by atoms with Gasteiger partial charge in [-0.1, -0.05) is 19.6 Å². The third-order valence-electron chi connectivity index (χ3n) is 7.61. The normalized spacial score (nSPS) is 44.3. The predicted molar refractivity (Wildman–Crippen MR) is 145 cm³/mol. The highest BCUT2D eigenvalue weighted by molar-refractivity contribution is 6.76. The minimum atomic E-state index is -1.89. The first kappa shape index (κ1) is 36.6. The van der Waals surface area contributed by atoms with Crippen LogP contribution in [0.25, 0.3) is 0 Å². The van der Waals surface area contributed by atoms with Gasteiger partial charge in [0.05, 0.1) is 19.8 Å². The fourth-order valence-corrected chi connectivity index (χ4v) is 5.79. The van der Waals surface area contributed by atoms with E-state index in [1.54, 1.807) is 0 Å². The SMILES string of the molecule is CC(=O)N[C@H]1[C@H](OCC[Si](C)(C)C)O[C@H](CO)[C@@H](O[C@@H]2O[C@H](CO)[C@H](O)[C@H](O[C@H]3O[C@H](CO)[C@H](O)[C@H](O)[C@H]3O)[C@H]2O)[C@@H]1O. The molecule has 0 saturated carbocycles. The zero-order valence-electron chi connectivity index (χ0n) is 24.6. The Morgan fingerprint density at radius 2 is 1.19 bits per heavy atom. The number of carbonyl (C=O) groups excluding carboxylic acids is 1. The summed E-state index contributed by atoms with van der Waals surface area (Å²) in [7, 11) is -1.51. The third kappa shape index (κ3) is 8.88. The molecule has 3 saturated heterocycles. The van der Waals surface area contributed by atoms with Crippen LogP contribution in [-0.4, -0.2) is 178 Å². The van der Waals surface area contributed by atoms with E-state index in [1.807, 2.05) is 0 Å². The maximum Gasteiger partial charge on any atom is 0.217 e. The van der Waals surface area contributed by atoms with Crippen molar-refractivity contribution in [3.8, 4) is 0 Å². The molecular formula is C25H47NO16Si. The van der Waals surface area contributed by atoms with Crippen LogP contribution >= 0.6 is 0 Å². The number of rotatable bonds is 12. The Labute approximate surface area is 249 Å². The van der Waals surface area contributed by atoms with Gasteiger partial charge in [0.15, 0.2) is 18.9 Å². The zero-order valence-corrected chi connectivity index (χ0v) is 25.6. The van der Waals surface area contributed by atoms with Crippen molar-refractivity contribution in [2.24, 2.45) is 0 Å². The van der Waals surface area contributed by atoms with Gasteiger partial charge in [-0.3, -0.25) is 4.79 Å². The molecule has 0 spiro atoms. The zero-order chi connectivity index (χ0) is 32.2. The Hall–Kier alpha value is -0.913. The van der Waals surface area contributed by atoms with Crippen molar-refractivity contribution in [1.82, 2.24) is 5.32 Å². The first-order chi connectivity index (χ1) is 20.1. The smallest absolute Gasteiger partial charge is 0.217 e. The van der Waals surface area contributed by atoms with Gasteiger partial charge < -0.3 is 79.7 Å². The number of ether oxygens (including phenoxy) is 6. The summed E-state index contributed by atoms with van der Waals surface area (Å²) < 4.78 is 33.9. The summed E-state index contributed by atoms with van der Waals surface area (Å²) >= 11 is 0. The Balaban J connectivity index is 1.80. The molecule has 3 fully saturated rings. The minimum absolute atomic E-state index is 0.268. The van der Waals surface area contributed by atoms with E-state index in [1.165, 1.54) is 6.92 Å². The van der Waals surface area contributed by atoms with Crippen LogP contribution in [0.4, 0.5) is 0 Å². The Bertz CT molecular complexity index is 881. The third-order valence-corrected chi connectivity index (χ3v) is 9.31. The minimum Gasteiger partial charge on any atom is -0.394 e. The summed E-state index contributed by atoms with van der Waals surface area (Å²) in [4.78, 5) is 12.0. The predicted octanol–water partition coefficient (Wildman–Crippen LogP) is -5.07. The van der Waals surface area contributed by atoms with E-state index in [0.717, 1.165) is 6.04 Å². The molecule has 43 heavy (non-hydrogen) atoms. The van der Waals surface area contributed by atoms with Crippen LogP contribution in [0.5, 0.6) is 0 Å². The lowest BCUT2D eigenvalue weighted by molar-refractivity contribution is -0.375. The van der Waals surface area contributed by atoms with E-state index >= 15 is 0 Å². The molecular weight excluding hydrogens is 598 g/mol. The number of nitrogens with one attached hydrogen (secondary N) is 1. The monoisotopic (exact) mass is 645 g/mol. The Morgan fingerprint density at radius 3 is 1.72 bits per heavy atom. The first-order valence-electron chi connectivity index (χ1n) is 14.2. The molecule has 0 radical (unpaired) electrons. The van der Waals surface area contributed by atoms with Crippen molar-refractivity contribution in [2.75, 3.05) is 26.4 Å². The molecule has 3 aliphatic rings. The standard InChI is InChI=1S/C25H47NO16Si/c1-10(30)26-14-17(33)21(13(9-29)40-23(14)37-5-6-43(2,3)4)41-25-20(36)22(16(32)12(8-28)39-25)42-24-19(35)18(34)15(31)11(7-27)38-24/h11-25,27-29,31-36H,5-9H2,1-4H3,(H,26,30)/t11-,12-,13-,14-,15+,16+,17-,18+,19-,20-,21-,22+,23-,24-,25+/m1/s1. The fourth-order valence-electron chi connectivity index (χ4n) is 5.06. The Kier molecular flexibility index (Phi) is 13.2. The Morgan fingerprint density at radius 1 is 0.674 bits per heavy atom. The van der Waals surface area contributed by atoms with Crippen LogP contribution < -0.4 is 5.32 Å². The van der Waals surface area contributed by atoms with E-state index < -0.39 is 126 Å². The van der Waals surface area contributed by atoms with Gasteiger partial charge in [0.1, 0.15) is 73.2 Å². The maximum atomic E-state index is 12.0. The van der Waals surface area contributed by atoms with Crippen molar-refractivity contribution < 1.29 is 79.2 Å². The lowest BCUT2D eigenvalue weighted by Gasteiger charge is -2.48. The maximum absolute atomic E-state index is 12.0. The highest BCUT2D eigenvalue weighted by Gasteiger charge is 2.54. The summed E-state index contributed by atoms with van der Waals surface area (Å²) in [6.07, 6.45) is -22.3. The van der Waals surface area contributed by atoms with Gasteiger partial charge in [0.2, 0.25) is 5.91 Å². The molecule has 3 heterocycles. The average molecular weight is 646 g/mol. The summed E-state index contributed by atoms with van der Waals surface area (Å²) in [5, 5.41) is 95.5. The number of aliphatic hydroxyl groups excluding tert-OH is 9. The van der Waals surface area contributed by atoms with Crippen LogP contribution in [0.3, 0.4) is 0 Å². The van der Waals surface area contributed by atoms with E-state index in [4.69, 9.17) is 28.4 Å². The number of hydrogen-bond donors (Lipinski definition) is 10. The molecule has 3 rings (SSSR count). The van der Waals surface area contributed by atoms with Gasteiger partial charge in [-0.25, -0.2) is 0 Å². The molecule has 0 aromatic heterocycles. The summed E-state index contributed by atoms with van der Waals surface area (Å²) in [6, 6.07) is -0.407. The second-order valence-electron chi connectivity index (χ2n) is 12.2. The van der Waals surface area contributed by atoms with Gasteiger partial charge in [-0.15, -0.1) is 0 Å². The first-order valence-corrected chi connectivity index (χ1v) is 17.9. The highest BCUT2D eigenvalue weighted by Crippen LogP contribution is 2.33. The molecule has 0 aromatic rings. The number of aliphatic hydroxyl groups is 9. The van der Waals surface area contributed by atoms with Crippen molar-refractivity contribution in [3.63, 3.8) is 0 Å². The van der Waals surface area contributed by atoms with E-state index in [9.17, 15) is 50.8 Å². The number of carbonyl (C=O) groups is 1. The van der Waals surface area contributed by atoms with E-state index in [-0.39, 0.29) is 6.61 Å². The second kappa shape index (κ2) is 15.6. The molecule has 0 bridgehead atoms. The summed E-state index contributed by atoms with van der Waals surface area (Å²) in [5.41, 5.74) is 0. The molecule has 1 amide bonds. The number of amides is 1. The fraction of sp³-hybridized carbons (Fsp3) is 0.960. The number of hydrogen-bond acceptors (Lipinski definition) is 16. The quantitative estimate of drug-likeness (QED) is 0.0890. The van der Waals surface area contributed by atoms with Gasteiger partial charge in [0.25, 0.3) is 0 Å². The molecule has 3 aliphatic heterocycles. The van der Waals surface area contributed by atoms with Gasteiger partial charge in [0, 0.05) is 21.6 Å². The molecule has 15 atom stereocenters. The van der Waals surface area contributed by atoms with Crippen molar-refractivity contribution >= 4 is 14.0 Å². The van der Waals surface area contributed by atoms with Crippen LogP contribution in [0, 0.1) is 0 Å². The summed E-state index contributed by atoms with van der Waals surface area (Å²) in [6.45, 7) is 5.68. The highest BCUT2D eigenvalue weighted by atomic mass is 28.3. The molecule has 0 aromatic carbocycles. The molecule has 0 aliphatic carbocycles. The molecule has 10 N–H and O–H groups in total. The molecule has 0 unspecified atom stereocenters. The van der Waals surface area contributed by atoms with Crippen LogP contribution in [0.15, 0.2) is 0 Å². The van der Waals surface area contributed by atoms with Crippen molar-refractivity contribution in [3.05, 3.63) is 0 Å². The lowest BCUT2D eigenvalue weighted by atomic mass is 9.95. The van der Waals surface area contributed by atoms with Crippen LogP contribution in [0.2, 0.25) is 25.7 Å². The summed E-state index contributed by atoms with van der Waals surface area (Å²) in [5.74, 6) is -0.516. The van der Waals surface area contributed by atoms with E-state index in [0.29, 0.717) is 0 Å². The largest absolute Gasteiger partial charge is 0.394 e. The second-order valence-corrected chi connectivity index (χ2v) is 17.9. The van der Waals surface area contributed by atoms with E-state index in [2.05, 4.69) is 25.0 Å². The van der Waals surface area contributed by atoms with Crippen molar-refractivity contribution in [2.45, 2.75) is 125 Å².